The van der Waals surface area contributed by atoms with Crippen LogP contribution >= 0.6 is 38.9 Å². The van der Waals surface area contributed by atoms with Crippen molar-refractivity contribution in [3.05, 3.63) is 20.8 Å². The van der Waals surface area contributed by atoms with Gasteiger partial charge in [-0.25, -0.2) is 0 Å². The molecule has 0 aliphatic rings. The molecule has 0 aliphatic carbocycles. The Morgan fingerprint density at radius 2 is 2.25 bits per heavy atom. The van der Waals surface area contributed by atoms with Gasteiger partial charge in [0.2, 0.25) is 0 Å². The minimum absolute atomic E-state index is 0.731. The van der Waals surface area contributed by atoms with Crippen LogP contribution in [0.1, 0.15) is 25.3 Å². The summed E-state index contributed by atoms with van der Waals surface area (Å²) in [5.74, 6) is 1.51. The third-order valence-corrected chi connectivity index (χ3v) is 4.45. The fourth-order valence-corrected chi connectivity index (χ4v) is 3.16. The first-order valence-electron chi connectivity index (χ1n) is 5.59. The average Bonchev–Trinajstić information content (AvgIpc) is 2.61. The number of hydrogen-bond donors (Lipinski definition) is 0. The highest BCUT2D eigenvalue weighted by Gasteiger charge is 2.06. The molecule has 1 aromatic rings. The van der Waals surface area contributed by atoms with Crippen LogP contribution in [0.3, 0.4) is 0 Å². The summed E-state index contributed by atoms with van der Waals surface area (Å²) in [6, 6.07) is 2.20. The molecule has 0 radical (unpaired) electrons. The topological polar surface area (TPSA) is 3.24 Å². The SMILES string of the molecule is CC(CCCl)CCN(C)Cc1csc(Br)c1. The second kappa shape index (κ2) is 7.70. The van der Waals surface area contributed by atoms with Gasteiger partial charge in [-0.05, 0) is 65.3 Å². The average molecular weight is 325 g/mol. The van der Waals surface area contributed by atoms with E-state index in [1.807, 2.05) is 0 Å². The molecule has 0 aliphatic heterocycles. The lowest BCUT2D eigenvalue weighted by molar-refractivity contribution is 0.297. The maximum absolute atomic E-state index is 5.73. The second-order valence-corrected chi connectivity index (χ2v) is 7.04. The molecule has 1 aromatic heterocycles. The first kappa shape index (κ1) is 14.5. The molecule has 0 amide bonds. The maximum Gasteiger partial charge on any atom is 0.0701 e. The molecule has 1 rings (SSSR count). The third-order valence-electron chi connectivity index (χ3n) is 2.68. The zero-order valence-corrected chi connectivity index (χ0v) is 13.0. The predicted molar refractivity (Wildman–Crippen MR) is 77.5 cm³/mol. The number of hydrogen-bond acceptors (Lipinski definition) is 2. The molecule has 0 fully saturated rings. The number of rotatable bonds is 7. The van der Waals surface area contributed by atoms with Gasteiger partial charge >= 0.3 is 0 Å². The zero-order valence-electron chi connectivity index (χ0n) is 9.88. The van der Waals surface area contributed by atoms with Gasteiger partial charge in [-0.3, -0.25) is 0 Å². The van der Waals surface area contributed by atoms with Crippen LogP contribution in [0, 0.1) is 5.92 Å². The van der Waals surface area contributed by atoms with Gasteiger partial charge < -0.3 is 4.90 Å². The Kier molecular flexibility index (Phi) is 6.97. The number of alkyl halides is 1. The summed E-state index contributed by atoms with van der Waals surface area (Å²) in [6.45, 7) is 4.46. The van der Waals surface area contributed by atoms with Crippen LogP contribution in [0.5, 0.6) is 0 Å². The van der Waals surface area contributed by atoms with Gasteiger partial charge in [-0.1, -0.05) is 6.92 Å². The molecular weight excluding hydrogens is 306 g/mol. The van der Waals surface area contributed by atoms with E-state index in [4.69, 9.17) is 11.6 Å². The molecule has 0 saturated heterocycles. The van der Waals surface area contributed by atoms with Gasteiger partial charge in [0.1, 0.15) is 0 Å². The van der Waals surface area contributed by atoms with E-state index < -0.39 is 0 Å². The number of halogens is 2. The lowest BCUT2D eigenvalue weighted by Gasteiger charge is -2.18. The molecule has 1 atom stereocenters. The summed E-state index contributed by atoms with van der Waals surface area (Å²) < 4.78 is 1.21. The van der Waals surface area contributed by atoms with Gasteiger partial charge in [0.15, 0.2) is 0 Å². The normalized spacial score (nSPS) is 13.3. The van der Waals surface area contributed by atoms with Crippen LogP contribution in [-0.2, 0) is 6.54 Å². The van der Waals surface area contributed by atoms with Crippen LogP contribution in [0.25, 0.3) is 0 Å². The molecule has 0 aromatic carbocycles. The lowest BCUT2D eigenvalue weighted by atomic mass is 10.1. The van der Waals surface area contributed by atoms with Crippen molar-refractivity contribution in [3.63, 3.8) is 0 Å². The fraction of sp³-hybridized carbons (Fsp3) is 0.667. The Morgan fingerprint density at radius 3 is 2.81 bits per heavy atom. The van der Waals surface area contributed by atoms with Crippen molar-refractivity contribution in [2.24, 2.45) is 5.92 Å². The largest absolute Gasteiger partial charge is 0.302 e. The fourth-order valence-electron chi connectivity index (χ4n) is 1.59. The number of thiophene rings is 1. The maximum atomic E-state index is 5.73. The zero-order chi connectivity index (χ0) is 12.0. The highest BCUT2D eigenvalue weighted by atomic mass is 79.9. The predicted octanol–water partition coefficient (Wildman–Crippen LogP) is 4.60. The van der Waals surface area contributed by atoms with Crippen molar-refractivity contribution in [3.8, 4) is 0 Å². The van der Waals surface area contributed by atoms with E-state index in [9.17, 15) is 0 Å². The van der Waals surface area contributed by atoms with Gasteiger partial charge in [0.05, 0.1) is 3.79 Å². The smallest absolute Gasteiger partial charge is 0.0701 e. The number of nitrogens with zero attached hydrogens (tertiary/aromatic N) is 1. The molecule has 1 nitrogen and oxygen atoms in total. The van der Waals surface area contributed by atoms with E-state index in [0.29, 0.717) is 0 Å². The highest BCUT2D eigenvalue weighted by molar-refractivity contribution is 9.11. The van der Waals surface area contributed by atoms with E-state index in [1.54, 1.807) is 11.3 Å². The summed E-state index contributed by atoms with van der Waals surface area (Å²) in [6.07, 6.45) is 2.36. The second-order valence-electron chi connectivity index (χ2n) is 4.37. The molecule has 1 heterocycles. The molecule has 92 valence electrons. The summed E-state index contributed by atoms with van der Waals surface area (Å²) >= 11 is 11.0. The third kappa shape index (κ3) is 5.67. The Labute approximate surface area is 116 Å². The van der Waals surface area contributed by atoms with Crippen molar-refractivity contribution in [1.29, 1.82) is 0 Å². The standard InChI is InChI=1S/C12H19BrClNS/c1-10(3-5-14)4-6-15(2)8-11-7-12(13)16-9-11/h7,9-10H,3-6,8H2,1-2H3. The van der Waals surface area contributed by atoms with Crippen molar-refractivity contribution in [1.82, 2.24) is 4.90 Å². The Balaban J connectivity index is 2.23. The lowest BCUT2D eigenvalue weighted by Crippen LogP contribution is -2.20. The Hall–Kier alpha value is 0.430. The van der Waals surface area contributed by atoms with E-state index in [1.165, 1.54) is 15.8 Å². The molecule has 0 spiro atoms. The summed E-state index contributed by atoms with van der Waals surface area (Å²) in [5, 5.41) is 2.21. The van der Waals surface area contributed by atoms with Crippen LogP contribution in [-0.4, -0.2) is 24.4 Å². The van der Waals surface area contributed by atoms with E-state index in [2.05, 4.69) is 46.2 Å². The van der Waals surface area contributed by atoms with Gasteiger partial charge in [0, 0.05) is 12.4 Å². The van der Waals surface area contributed by atoms with Crippen molar-refractivity contribution >= 4 is 38.9 Å². The molecule has 4 heteroatoms. The van der Waals surface area contributed by atoms with E-state index in [-0.39, 0.29) is 0 Å². The Bertz CT molecular complexity index is 303. The van der Waals surface area contributed by atoms with Crippen molar-refractivity contribution in [2.45, 2.75) is 26.3 Å². The van der Waals surface area contributed by atoms with Crippen LogP contribution < -0.4 is 0 Å². The molecule has 16 heavy (non-hydrogen) atoms. The molecule has 0 saturated carbocycles. The van der Waals surface area contributed by atoms with Crippen LogP contribution in [0.4, 0.5) is 0 Å². The minimum Gasteiger partial charge on any atom is -0.302 e. The van der Waals surface area contributed by atoms with Gasteiger partial charge in [0.25, 0.3) is 0 Å². The first-order chi connectivity index (χ1) is 7.61. The van der Waals surface area contributed by atoms with Gasteiger partial charge in [-0.15, -0.1) is 22.9 Å². The molecule has 0 bridgehead atoms. The van der Waals surface area contributed by atoms with E-state index in [0.717, 1.165) is 31.3 Å². The molecular formula is C12H19BrClNS. The molecule has 1 unspecified atom stereocenters. The quantitative estimate of drug-likeness (QED) is 0.663. The summed E-state index contributed by atoms with van der Waals surface area (Å²) in [5.41, 5.74) is 1.39. The Morgan fingerprint density at radius 1 is 1.50 bits per heavy atom. The monoisotopic (exact) mass is 323 g/mol. The van der Waals surface area contributed by atoms with Gasteiger partial charge in [-0.2, -0.15) is 0 Å². The highest BCUT2D eigenvalue weighted by Crippen LogP contribution is 2.21. The van der Waals surface area contributed by atoms with Crippen LogP contribution in [0.2, 0.25) is 0 Å². The van der Waals surface area contributed by atoms with Crippen LogP contribution in [0.15, 0.2) is 15.2 Å². The first-order valence-corrected chi connectivity index (χ1v) is 7.80. The molecule has 0 N–H and O–H groups in total. The summed E-state index contributed by atoms with van der Waals surface area (Å²) in [7, 11) is 2.18. The minimum atomic E-state index is 0.731. The summed E-state index contributed by atoms with van der Waals surface area (Å²) in [4.78, 5) is 2.37. The van der Waals surface area contributed by atoms with Crippen molar-refractivity contribution < 1.29 is 0 Å². The van der Waals surface area contributed by atoms with Crippen molar-refractivity contribution in [2.75, 3.05) is 19.5 Å². The van der Waals surface area contributed by atoms with E-state index >= 15 is 0 Å².